The maximum absolute atomic E-state index is 4.70. The van der Waals surface area contributed by atoms with Crippen LogP contribution in [-0.2, 0) is 6.42 Å². The highest BCUT2D eigenvalue weighted by atomic mass is 14.9. The second kappa shape index (κ2) is 6.71. The largest absolute Gasteiger partial charge is 0.313 e. The lowest BCUT2D eigenvalue weighted by Crippen LogP contribution is -2.36. The lowest BCUT2D eigenvalue weighted by Gasteiger charge is -2.27. The zero-order valence-electron chi connectivity index (χ0n) is 12.8. The number of nitrogens with one attached hydrogen (secondary N) is 1. The minimum absolute atomic E-state index is 0.647. The first-order valence-electron chi connectivity index (χ1n) is 8.55. The van der Waals surface area contributed by atoms with Gasteiger partial charge in [0.1, 0.15) is 0 Å². The van der Waals surface area contributed by atoms with E-state index in [4.69, 9.17) is 4.98 Å². The van der Waals surface area contributed by atoms with Crippen molar-refractivity contribution >= 4 is 0 Å². The molecule has 110 valence electrons. The zero-order chi connectivity index (χ0) is 13.8. The molecule has 2 atom stereocenters. The molecule has 0 aliphatic heterocycles. The van der Waals surface area contributed by atoms with Crippen molar-refractivity contribution in [3.63, 3.8) is 0 Å². The Kier molecular flexibility index (Phi) is 4.72. The van der Waals surface area contributed by atoms with Gasteiger partial charge in [0.25, 0.3) is 0 Å². The minimum Gasteiger partial charge on any atom is -0.313 e. The van der Waals surface area contributed by atoms with E-state index in [2.05, 4.69) is 24.4 Å². The SMILES string of the molecule is CCCNC(CC1CCCC1)C1CCc2cccnc21. The smallest absolute Gasteiger partial charge is 0.0482 e. The van der Waals surface area contributed by atoms with Crippen molar-refractivity contribution in [1.82, 2.24) is 10.3 Å². The summed E-state index contributed by atoms with van der Waals surface area (Å²) in [4.78, 5) is 4.70. The van der Waals surface area contributed by atoms with Crippen molar-refractivity contribution in [2.75, 3.05) is 6.54 Å². The van der Waals surface area contributed by atoms with Crippen LogP contribution in [0.2, 0.25) is 0 Å². The van der Waals surface area contributed by atoms with E-state index in [9.17, 15) is 0 Å². The summed E-state index contributed by atoms with van der Waals surface area (Å²) in [6.07, 6.45) is 12.9. The summed E-state index contributed by atoms with van der Waals surface area (Å²) in [5.74, 6) is 1.61. The Morgan fingerprint density at radius 1 is 1.30 bits per heavy atom. The van der Waals surface area contributed by atoms with Gasteiger partial charge in [0.05, 0.1) is 0 Å². The number of fused-ring (bicyclic) bond motifs is 1. The van der Waals surface area contributed by atoms with E-state index in [1.165, 1.54) is 62.6 Å². The van der Waals surface area contributed by atoms with Gasteiger partial charge < -0.3 is 5.32 Å². The van der Waals surface area contributed by atoms with E-state index in [0.29, 0.717) is 12.0 Å². The number of aryl methyl sites for hydroxylation is 1. The summed E-state index contributed by atoms with van der Waals surface area (Å²) in [5.41, 5.74) is 2.88. The first-order chi connectivity index (χ1) is 9.88. The molecular formula is C18H28N2. The predicted molar refractivity (Wildman–Crippen MR) is 84.0 cm³/mol. The van der Waals surface area contributed by atoms with Gasteiger partial charge in [0, 0.05) is 23.9 Å². The molecule has 1 heterocycles. The predicted octanol–water partition coefficient (Wildman–Crippen LogP) is 4.06. The molecule has 2 heteroatoms. The Hall–Kier alpha value is -0.890. The van der Waals surface area contributed by atoms with Crippen LogP contribution in [0.5, 0.6) is 0 Å². The molecule has 0 amide bonds. The number of aromatic nitrogens is 1. The average Bonchev–Trinajstić information content (AvgIpc) is 3.12. The number of rotatable bonds is 6. The van der Waals surface area contributed by atoms with Crippen LogP contribution < -0.4 is 5.32 Å². The molecular weight excluding hydrogens is 244 g/mol. The number of nitrogens with zero attached hydrogens (tertiary/aromatic N) is 1. The van der Waals surface area contributed by atoms with Gasteiger partial charge in [0.15, 0.2) is 0 Å². The van der Waals surface area contributed by atoms with Crippen molar-refractivity contribution in [1.29, 1.82) is 0 Å². The Labute approximate surface area is 123 Å². The zero-order valence-corrected chi connectivity index (χ0v) is 12.8. The molecule has 1 fully saturated rings. The lowest BCUT2D eigenvalue weighted by molar-refractivity contribution is 0.338. The van der Waals surface area contributed by atoms with Crippen molar-refractivity contribution in [2.45, 2.75) is 70.3 Å². The first-order valence-corrected chi connectivity index (χ1v) is 8.55. The highest BCUT2D eigenvalue weighted by Crippen LogP contribution is 2.38. The molecule has 2 aliphatic rings. The van der Waals surface area contributed by atoms with Gasteiger partial charge in [0.2, 0.25) is 0 Å². The summed E-state index contributed by atoms with van der Waals surface area (Å²) in [7, 11) is 0. The van der Waals surface area contributed by atoms with Crippen LogP contribution in [-0.4, -0.2) is 17.6 Å². The molecule has 2 unspecified atom stereocenters. The number of hydrogen-bond acceptors (Lipinski definition) is 2. The Morgan fingerprint density at radius 2 is 2.15 bits per heavy atom. The van der Waals surface area contributed by atoms with Crippen LogP contribution in [0.15, 0.2) is 18.3 Å². The molecule has 1 aromatic heterocycles. The van der Waals surface area contributed by atoms with Crippen molar-refractivity contribution < 1.29 is 0 Å². The number of pyridine rings is 1. The van der Waals surface area contributed by atoms with Crippen LogP contribution >= 0.6 is 0 Å². The summed E-state index contributed by atoms with van der Waals surface area (Å²) in [6, 6.07) is 5.01. The lowest BCUT2D eigenvalue weighted by atomic mass is 9.88. The molecule has 0 bridgehead atoms. The van der Waals surface area contributed by atoms with Crippen molar-refractivity contribution in [3.8, 4) is 0 Å². The van der Waals surface area contributed by atoms with E-state index in [0.717, 1.165) is 12.5 Å². The molecule has 0 spiro atoms. The molecule has 0 saturated heterocycles. The minimum atomic E-state index is 0.647. The molecule has 2 nitrogen and oxygen atoms in total. The first kappa shape index (κ1) is 14.1. The van der Waals surface area contributed by atoms with Gasteiger partial charge in [-0.15, -0.1) is 0 Å². The Morgan fingerprint density at radius 3 is 2.95 bits per heavy atom. The highest BCUT2D eigenvalue weighted by Gasteiger charge is 2.32. The summed E-state index contributed by atoms with van der Waals surface area (Å²) >= 11 is 0. The summed E-state index contributed by atoms with van der Waals surface area (Å²) < 4.78 is 0. The topological polar surface area (TPSA) is 24.9 Å². The van der Waals surface area contributed by atoms with Gasteiger partial charge in [-0.25, -0.2) is 0 Å². The van der Waals surface area contributed by atoms with E-state index in [-0.39, 0.29) is 0 Å². The van der Waals surface area contributed by atoms with Crippen molar-refractivity contribution in [2.24, 2.45) is 5.92 Å². The molecule has 1 N–H and O–H groups in total. The maximum atomic E-state index is 4.70. The van der Waals surface area contributed by atoms with Gasteiger partial charge in [-0.1, -0.05) is 38.7 Å². The molecule has 2 aliphatic carbocycles. The fraction of sp³-hybridized carbons (Fsp3) is 0.722. The van der Waals surface area contributed by atoms with Crippen LogP contribution in [0.1, 0.15) is 69.0 Å². The second-order valence-electron chi connectivity index (χ2n) is 6.64. The Bertz CT molecular complexity index is 423. The van der Waals surface area contributed by atoms with Crippen LogP contribution in [0, 0.1) is 5.92 Å². The third kappa shape index (κ3) is 3.06. The van der Waals surface area contributed by atoms with Crippen LogP contribution in [0.4, 0.5) is 0 Å². The van der Waals surface area contributed by atoms with Crippen LogP contribution in [0.25, 0.3) is 0 Å². The third-order valence-electron chi connectivity index (χ3n) is 5.21. The third-order valence-corrected chi connectivity index (χ3v) is 5.21. The van der Waals surface area contributed by atoms with E-state index in [1.54, 1.807) is 0 Å². The molecule has 3 rings (SSSR count). The number of hydrogen-bond donors (Lipinski definition) is 1. The van der Waals surface area contributed by atoms with Gasteiger partial charge in [-0.05, 0) is 49.8 Å². The maximum Gasteiger partial charge on any atom is 0.0482 e. The van der Waals surface area contributed by atoms with E-state index in [1.807, 2.05) is 6.20 Å². The average molecular weight is 272 g/mol. The quantitative estimate of drug-likeness (QED) is 0.844. The van der Waals surface area contributed by atoms with Gasteiger partial charge in [-0.3, -0.25) is 4.98 Å². The summed E-state index contributed by atoms with van der Waals surface area (Å²) in [5, 5.41) is 3.84. The second-order valence-corrected chi connectivity index (χ2v) is 6.64. The van der Waals surface area contributed by atoms with Gasteiger partial charge >= 0.3 is 0 Å². The normalized spacial score (nSPS) is 23.9. The molecule has 1 aromatic rings. The van der Waals surface area contributed by atoms with E-state index < -0.39 is 0 Å². The fourth-order valence-corrected chi connectivity index (χ4v) is 4.16. The van der Waals surface area contributed by atoms with Crippen LogP contribution in [0.3, 0.4) is 0 Å². The standard InChI is InChI=1S/C18H28N2/c1-2-11-19-17(13-14-6-3-4-7-14)16-10-9-15-8-5-12-20-18(15)16/h5,8,12,14,16-17,19H,2-4,6-7,9-11,13H2,1H3. The highest BCUT2D eigenvalue weighted by molar-refractivity contribution is 5.30. The van der Waals surface area contributed by atoms with Crippen molar-refractivity contribution in [3.05, 3.63) is 29.6 Å². The summed E-state index contributed by atoms with van der Waals surface area (Å²) in [6.45, 7) is 3.41. The molecule has 0 radical (unpaired) electrons. The fourth-order valence-electron chi connectivity index (χ4n) is 4.16. The Balaban J connectivity index is 1.71. The molecule has 0 aromatic carbocycles. The monoisotopic (exact) mass is 272 g/mol. The molecule has 20 heavy (non-hydrogen) atoms. The molecule has 1 saturated carbocycles. The van der Waals surface area contributed by atoms with E-state index >= 15 is 0 Å². The van der Waals surface area contributed by atoms with Gasteiger partial charge in [-0.2, -0.15) is 0 Å².